The Balaban J connectivity index is 0.638. The molecular weight excluding hydrogens is 985 g/mol. The third-order valence-corrected chi connectivity index (χ3v) is 17.1. The molecule has 4 aliphatic heterocycles. The van der Waals surface area contributed by atoms with Gasteiger partial charge in [0.05, 0.1) is 39.6 Å². The highest BCUT2D eigenvalue weighted by atomic mass is 32.1. The number of para-hydroxylation sites is 1. The van der Waals surface area contributed by atoms with E-state index in [0.717, 1.165) is 71.8 Å². The zero-order valence-corrected chi connectivity index (χ0v) is 44.2. The van der Waals surface area contributed by atoms with Crippen molar-refractivity contribution >= 4 is 52.1 Å². The number of aromatic nitrogens is 5. The number of benzene rings is 2. The quantitative estimate of drug-likeness (QED) is 0.0851. The number of aliphatic hydroxyl groups is 1. The number of phenolic OH excluding ortho intramolecular Hbond substituents is 1. The van der Waals surface area contributed by atoms with Crippen molar-refractivity contribution < 1.29 is 33.9 Å². The highest BCUT2D eigenvalue weighted by Gasteiger charge is 2.45. The van der Waals surface area contributed by atoms with Crippen LogP contribution in [0, 0.1) is 18.8 Å². The molecule has 1 aliphatic carbocycles. The van der Waals surface area contributed by atoms with Gasteiger partial charge < -0.3 is 55.0 Å². The molecule has 6 atom stereocenters. The number of nitrogen functional groups attached to an aromatic ring is 1. The molecule has 2 bridgehead atoms. The Hall–Kier alpha value is -7.32. The molecule has 398 valence electrons. The lowest BCUT2D eigenvalue weighted by molar-refractivity contribution is -0.141. The Morgan fingerprint density at radius 3 is 2.36 bits per heavy atom. The van der Waals surface area contributed by atoms with E-state index in [2.05, 4.69) is 45.3 Å². The summed E-state index contributed by atoms with van der Waals surface area (Å²) in [5.41, 5.74) is 14.3. The highest BCUT2D eigenvalue weighted by Crippen LogP contribution is 2.41. The van der Waals surface area contributed by atoms with Gasteiger partial charge in [-0.05, 0) is 86.8 Å². The number of ether oxygens (including phenoxy) is 1. The third-order valence-electron chi connectivity index (χ3n) is 16.1. The lowest BCUT2D eigenvalue weighted by Gasteiger charge is -2.43. The van der Waals surface area contributed by atoms with Gasteiger partial charge >= 0.3 is 0 Å². The van der Waals surface area contributed by atoms with E-state index in [1.807, 2.05) is 98.9 Å². The standard InChI is InChI=1S/C56H66N12O7S/c1-32(2)52(56(73)67-30-41(69)25-46(67)55(72)60-33(3)36-9-11-37(12-10-36)53-34(4)59-31-76-53)48-27-49(63-75-48)64-17-19-65(20-18-64)51(71)23-35-21-42(22-35)74-50-24-38(15-16-58-50)68-39-13-14-40(68)29-66(28-39)45-26-44(61-62-54(45)57)43-7-5-6-8-47(43)70/h5-12,15-16,24,26-27,31-33,35,39-42,46,52,69-70H,13-14,17-23,25,28-30H2,1-4H3,(H2,57,62)(H,60,72)/t33-,35-,39?,40?,41+,42-,46-,52+/m0/s1. The molecule has 5 fully saturated rings. The number of likely N-dealkylation sites (tertiary alicyclic amines) is 1. The minimum absolute atomic E-state index is 0.00924. The molecule has 5 aliphatic rings. The summed E-state index contributed by atoms with van der Waals surface area (Å²) in [5, 5.41) is 37.2. The SMILES string of the molecule is Cc1ncsc1-c1ccc([C@H](C)NC(=O)[C@@H]2C[C@@H](O)CN2C(=O)[C@@H](c2cc(N3CCN(C(=O)C[C@H]4C[C@H](Oc5cc(N6C7CCC6CN(c6cc(-c8ccccc8O)nnc6N)C7)ccn5)C4)CC3)no2)C(C)C)cc1. The Bertz CT molecular complexity index is 3050. The van der Waals surface area contributed by atoms with Gasteiger partial charge in [-0.25, -0.2) is 9.97 Å². The number of pyridine rings is 1. The number of amides is 3. The number of phenols is 1. The first-order chi connectivity index (χ1) is 36.7. The number of hydrogen-bond donors (Lipinski definition) is 4. The number of carbonyl (C=O) groups excluding carboxylic acids is 3. The maximum atomic E-state index is 14.4. The van der Waals surface area contributed by atoms with Crippen molar-refractivity contribution in [2.24, 2.45) is 11.8 Å². The highest BCUT2D eigenvalue weighted by molar-refractivity contribution is 7.13. The van der Waals surface area contributed by atoms with Gasteiger partial charge in [-0.15, -0.1) is 21.5 Å². The Morgan fingerprint density at radius 2 is 1.64 bits per heavy atom. The number of hydrogen-bond acceptors (Lipinski definition) is 17. The number of carbonyl (C=O) groups is 3. The van der Waals surface area contributed by atoms with Gasteiger partial charge in [-0.1, -0.05) is 55.4 Å². The first-order valence-electron chi connectivity index (χ1n) is 26.6. The van der Waals surface area contributed by atoms with Crippen molar-refractivity contribution in [3.05, 3.63) is 102 Å². The second-order valence-corrected chi connectivity index (χ2v) is 22.4. The molecule has 20 heteroatoms. The van der Waals surface area contributed by atoms with Gasteiger partial charge in [0, 0.05) is 100 Å². The molecule has 2 unspecified atom stereocenters. The number of thiazole rings is 1. The number of aliphatic hydroxyl groups excluding tert-OH is 1. The van der Waals surface area contributed by atoms with Crippen LogP contribution in [0.1, 0.15) is 88.3 Å². The summed E-state index contributed by atoms with van der Waals surface area (Å²) >= 11 is 1.59. The molecule has 4 saturated heterocycles. The number of nitrogens with zero attached hydrogens (tertiary/aromatic N) is 10. The fourth-order valence-electron chi connectivity index (χ4n) is 12.0. The molecular formula is C56H66N12O7S. The van der Waals surface area contributed by atoms with Gasteiger partial charge in [0.25, 0.3) is 0 Å². The van der Waals surface area contributed by atoms with Crippen LogP contribution in [0.15, 0.2) is 89.0 Å². The molecule has 76 heavy (non-hydrogen) atoms. The zero-order chi connectivity index (χ0) is 52.8. The zero-order valence-electron chi connectivity index (χ0n) is 43.4. The molecule has 0 radical (unpaired) electrons. The van der Waals surface area contributed by atoms with Gasteiger partial charge in [0.2, 0.25) is 23.6 Å². The molecule has 11 rings (SSSR count). The number of aryl methyl sites for hydroxylation is 1. The molecule has 6 aromatic rings. The second kappa shape index (κ2) is 21.4. The van der Waals surface area contributed by atoms with E-state index in [1.54, 1.807) is 29.5 Å². The van der Waals surface area contributed by atoms with Crippen LogP contribution in [0.4, 0.5) is 23.0 Å². The Labute approximate surface area is 446 Å². The molecule has 19 nitrogen and oxygen atoms in total. The van der Waals surface area contributed by atoms with Crippen LogP contribution in [0.3, 0.4) is 0 Å². The minimum atomic E-state index is -0.840. The summed E-state index contributed by atoms with van der Waals surface area (Å²) in [6.07, 6.45) is 5.23. The first-order valence-corrected chi connectivity index (χ1v) is 27.5. The van der Waals surface area contributed by atoms with E-state index >= 15 is 0 Å². The number of β-amino-alcohol motifs (C(OH)–C–C–N with tert-alkyl or cyclic N) is 1. The Kier molecular flexibility index (Phi) is 14.3. The maximum absolute atomic E-state index is 14.4. The van der Waals surface area contributed by atoms with Crippen molar-refractivity contribution in [3.63, 3.8) is 0 Å². The number of piperazine rings is 2. The Morgan fingerprint density at radius 1 is 0.895 bits per heavy atom. The summed E-state index contributed by atoms with van der Waals surface area (Å²) in [6.45, 7) is 11.6. The summed E-state index contributed by atoms with van der Waals surface area (Å²) in [5.74, 6) is 0.953. The van der Waals surface area contributed by atoms with Crippen molar-refractivity contribution in [1.82, 2.24) is 40.4 Å². The van der Waals surface area contributed by atoms with E-state index < -0.39 is 18.1 Å². The smallest absolute Gasteiger partial charge is 0.243 e. The van der Waals surface area contributed by atoms with Crippen LogP contribution in [0.5, 0.6) is 11.6 Å². The predicted molar refractivity (Wildman–Crippen MR) is 289 cm³/mol. The summed E-state index contributed by atoms with van der Waals surface area (Å²) < 4.78 is 12.3. The molecule has 1 saturated carbocycles. The van der Waals surface area contributed by atoms with Crippen molar-refractivity contribution in [1.29, 1.82) is 0 Å². The summed E-state index contributed by atoms with van der Waals surface area (Å²) in [4.78, 5) is 62.1. The lowest BCUT2D eigenvalue weighted by atomic mass is 9.79. The van der Waals surface area contributed by atoms with Crippen LogP contribution in [0.25, 0.3) is 21.7 Å². The fraction of sp³-hybridized carbons (Fsp3) is 0.464. The van der Waals surface area contributed by atoms with Crippen molar-refractivity contribution in [2.75, 3.05) is 66.2 Å². The van der Waals surface area contributed by atoms with Gasteiger partial charge in [-0.2, -0.15) is 0 Å². The van der Waals surface area contributed by atoms with Crippen LogP contribution < -0.4 is 30.5 Å². The van der Waals surface area contributed by atoms with Crippen LogP contribution >= 0.6 is 11.3 Å². The molecule has 0 spiro atoms. The average Bonchev–Trinajstić information content (AvgIpc) is 4.24. The van der Waals surface area contributed by atoms with Gasteiger partial charge in [0.15, 0.2) is 17.4 Å². The number of nitrogens with one attached hydrogen (secondary N) is 1. The third kappa shape index (κ3) is 10.4. The van der Waals surface area contributed by atoms with Crippen LogP contribution in [-0.4, -0.2) is 139 Å². The van der Waals surface area contributed by atoms with E-state index in [1.165, 1.54) is 4.90 Å². The van der Waals surface area contributed by atoms with Gasteiger partial charge in [0.1, 0.15) is 23.8 Å². The van der Waals surface area contributed by atoms with E-state index in [4.69, 9.17) is 15.0 Å². The fourth-order valence-corrected chi connectivity index (χ4v) is 12.8. The molecule has 4 aromatic heterocycles. The summed E-state index contributed by atoms with van der Waals surface area (Å²) in [7, 11) is 0. The van der Waals surface area contributed by atoms with E-state index in [-0.39, 0.29) is 72.5 Å². The molecule has 5 N–H and O–H groups in total. The van der Waals surface area contributed by atoms with E-state index in [9.17, 15) is 24.6 Å². The predicted octanol–water partition coefficient (Wildman–Crippen LogP) is 6.58. The minimum Gasteiger partial charge on any atom is -0.507 e. The maximum Gasteiger partial charge on any atom is 0.243 e. The second-order valence-electron chi connectivity index (χ2n) is 21.5. The van der Waals surface area contributed by atoms with Crippen molar-refractivity contribution in [2.45, 2.75) is 109 Å². The molecule has 2 aromatic carbocycles. The number of aromatic hydroxyl groups is 1. The van der Waals surface area contributed by atoms with Gasteiger partial charge in [-0.3, -0.25) is 14.4 Å². The monoisotopic (exact) mass is 1050 g/mol. The van der Waals surface area contributed by atoms with Crippen LogP contribution in [0.2, 0.25) is 0 Å². The van der Waals surface area contributed by atoms with E-state index in [0.29, 0.717) is 67.1 Å². The number of rotatable bonds is 15. The van der Waals surface area contributed by atoms with Crippen molar-refractivity contribution in [3.8, 4) is 33.3 Å². The average molecular weight is 1050 g/mol. The largest absolute Gasteiger partial charge is 0.507 e. The molecule has 8 heterocycles. The molecule has 3 amide bonds. The number of anilines is 4. The summed E-state index contributed by atoms with van der Waals surface area (Å²) in [6, 6.07) is 22.3. The first kappa shape index (κ1) is 50.8. The topological polar surface area (TPSA) is 233 Å². The normalized spacial score (nSPS) is 23.2. The number of nitrogens with two attached hydrogens (primary N) is 1. The lowest BCUT2D eigenvalue weighted by Crippen LogP contribution is -2.54. The number of fused-ring (bicyclic) bond motifs is 2. The van der Waals surface area contributed by atoms with Crippen LogP contribution in [-0.2, 0) is 14.4 Å².